The van der Waals surface area contributed by atoms with E-state index in [0.717, 1.165) is 11.5 Å². The Morgan fingerprint density at radius 3 is 2.58 bits per heavy atom. The summed E-state index contributed by atoms with van der Waals surface area (Å²) < 4.78 is 0. The second-order valence-corrected chi connectivity index (χ2v) is 4.05. The molecule has 0 saturated carbocycles. The van der Waals surface area contributed by atoms with E-state index in [9.17, 15) is 4.79 Å². The highest BCUT2D eigenvalue weighted by atomic mass is 16.1. The number of nitrogens with zero attached hydrogens (tertiary/aromatic N) is 2. The molecular formula is C14H16N4O. The number of anilines is 3. The third kappa shape index (κ3) is 3.29. The number of para-hydroxylation sites is 1. The first-order valence-electron chi connectivity index (χ1n) is 5.95. The maximum absolute atomic E-state index is 11.1. The zero-order valence-electron chi connectivity index (χ0n) is 10.7. The molecule has 0 saturated heterocycles. The molecule has 0 aliphatic rings. The van der Waals surface area contributed by atoms with Crippen LogP contribution in [0.15, 0.2) is 48.7 Å². The van der Waals surface area contributed by atoms with Crippen molar-refractivity contribution in [3.8, 4) is 0 Å². The summed E-state index contributed by atoms with van der Waals surface area (Å²) in [5.74, 6) is 0.572. The molecule has 0 bridgehead atoms. The summed E-state index contributed by atoms with van der Waals surface area (Å²) in [6.45, 7) is -0.0360. The number of aromatic nitrogens is 1. The fourth-order valence-electron chi connectivity index (χ4n) is 1.65. The third-order valence-corrected chi connectivity index (χ3v) is 2.70. The van der Waals surface area contributed by atoms with Gasteiger partial charge in [-0.15, -0.1) is 0 Å². The molecule has 0 atom stereocenters. The molecule has 98 valence electrons. The SMILES string of the molecule is CN(c1ccccc1)c1ccc(NC(=O)CN)cn1. The molecule has 0 unspecified atom stereocenters. The number of benzene rings is 1. The smallest absolute Gasteiger partial charge is 0.238 e. The predicted octanol–water partition coefficient (Wildman–Crippen LogP) is 1.75. The second-order valence-electron chi connectivity index (χ2n) is 4.05. The Balaban J connectivity index is 2.12. The van der Waals surface area contributed by atoms with Crippen LogP contribution < -0.4 is 16.0 Å². The minimum absolute atomic E-state index is 0.0360. The van der Waals surface area contributed by atoms with Crippen molar-refractivity contribution in [1.29, 1.82) is 0 Å². The summed E-state index contributed by atoms with van der Waals surface area (Å²) in [6, 6.07) is 13.6. The number of hydrogen-bond donors (Lipinski definition) is 2. The number of amides is 1. The number of nitrogens with one attached hydrogen (secondary N) is 1. The normalized spacial score (nSPS) is 10.0. The quantitative estimate of drug-likeness (QED) is 0.874. The van der Waals surface area contributed by atoms with Crippen molar-refractivity contribution in [2.45, 2.75) is 0 Å². The third-order valence-electron chi connectivity index (χ3n) is 2.70. The first-order valence-corrected chi connectivity index (χ1v) is 5.95. The Hall–Kier alpha value is -2.40. The fraction of sp³-hybridized carbons (Fsp3) is 0.143. The van der Waals surface area contributed by atoms with Crippen molar-refractivity contribution in [2.24, 2.45) is 5.73 Å². The maximum Gasteiger partial charge on any atom is 0.238 e. The van der Waals surface area contributed by atoms with Gasteiger partial charge in [0.2, 0.25) is 5.91 Å². The van der Waals surface area contributed by atoms with Crippen molar-refractivity contribution >= 4 is 23.1 Å². The Morgan fingerprint density at radius 2 is 2.00 bits per heavy atom. The van der Waals surface area contributed by atoms with Gasteiger partial charge >= 0.3 is 0 Å². The monoisotopic (exact) mass is 256 g/mol. The standard InChI is InChI=1S/C14H16N4O/c1-18(12-5-3-2-4-6-12)13-8-7-11(10-16-13)17-14(19)9-15/h2-8,10H,9,15H2,1H3,(H,17,19). The number of nitrogens with two attached hydrogens (primary N) is 1. The van der Waals surface area contributed by atoms with Crippen LogP contribution in [0.1, 0.15) is 0 Å². The van der Waals surface area contributed by atoms with Crippen LogP contribution in [0.4, 0.5) is 17.2 Å². The zero-order valence-corrected chi connectivity index (χ0v) is 10.7. The van der Waals surface area contributed by atoms with E-state index in [4.69, 9.17) is 5.73 Å². The summed E-state index contributed by atoms with van der Waals surface area (Å²) in [4.78, 5) is 17.4. The summed E-state index contributed by atoms with van der Waals surface area (Å²) in [5, 5.41) is 2.65. The number of carbonyl (C=O) groups is 1. The molecule has 1 heterocycles. The lowest BCUT2D eigenvalue weighted by molar-refractivity contribution is -0.114. The Morgan fingerprint density at radius 1 is 1.26 bits per heavy atom. The Labute approximate surface area is 112 Å². The van der Waals surface area contributed by atoms with Crippen molar-refractivity contribution < 1.29 is 4.79 Å². The van der Waals surface area contributed by atoms with Gasteiger partial charge in [-0.1, -0.05) is 18.2 Å². The van der Waals surface area contributed by atoms with Crippen molar-refractivity contribution in [2.75, 3.05) is 23.8 Å². The summed E-state index contributed by atoms with van der Waals surface area (Å²) in [7, 11) is 1.94. The summed E-state index contributed by atoms with van der Waals surface area (Å²) >= 11 is 0. The van der Waals surface area contributed by atoms with E-state index in [1.807, 2.05) is 48.3 Å². The van der Waals surface area contributed by atoms with Gasteiger partial charge in [0, 0.05) is 12.7 Å². The van der Waals surface area contributed by atoms with Crippen LogP contribution >= 0.6 is 0 Å². The lowest BCUT2D eigenvalue weighted by Crippen LogP contribution is -2.22. The molecule has 2 rings (SSSR count). The molecular weight excluding hydrogens is 240 g/mol. The Bertz CT molecular complexity index is 539. The minimum Gasteiger partial charge on any atom is -0.329 e. The number of hydrogen-bond acceptors (Lipinski definition) is 4. The summed E-state index contributed by atoms with van der Waals surface area (Å²) in [5.41, 5.74) is 6.92. The van der Waals surface area contributed by atoms with E-state index >= 15 is 0 Å². The van der Waals surface area contributed by atoms with E-state index in [-0.39, 0.29) is 12.5 Å². The topological polar surface area (TPSA) is 71.2 Å². The predicted molar refractivity (Wildman–Crippen MR) is 76.4 cm³/mol. The van der Waals surface area contributed by atoms with Crippen molar-refractivity contribution in [1.82, 2.24) is 4.98 Å². The van der Waals surface area contributed by atoms with E-state index in [0.29, 0.717) is 5.69 Å². The lowest BCUT2D eigenvalue weighted by atomic mass is 10.3. The highest BCUT2D eigenvalue weighted by Gasteiger charge is 2.05. The number of rotatable bonds is 4. The molecule has 0 aliphatic carbocycles. The van der Waals surface area contributed by atoms with Gasteiger partial charge < -0.3 is 16.0 Å². The van der Waals surface area contributed by atoms with E-state index < -0.39 is 0 Å². The van der Waals surface area contributed by atoms with Gasteiger partial charge in [0.15, 0.2) is 0 Å². The molecule has 0 radical (unpaired) electrons. The molecule has 1 aromatic carbocycles. The van der Waals surface area contributed by atoms with Gasteiger partial charge in [0.25, 0.3) is 0 Å². The average Bonchev–Trinajstić information content (AvgIpc) is 2.48. The zero-order chi connectivity index (χ0) is 13.7. The Kier molecular flexibility index (Phi) is 4.10. The summed E-state index contributed by atoms with van der Waals surface area (Å²) in [6.07, 6.45) is 1.61. The van der Waals surface area contributed by atoms with Crippen LogP contribution in [0.3, 0.4) is 0 Å². The molecule has 3 N–H and O–H groups in total. The molecule has 0 spiro atoms. The number of pyridine rings is 1. The molecule has 0 aliphatic heterocycles. The van der Waals surface area contributed by atoms with Crippen LogP contribution in [-0.4, -0.2) is 24.5 Å². The van der Waals surface area contributed by atoms with Crippen molar-refractivity contribution in [3.63, 3.8) is 0 Å². The molecule has 5 nitrogen and oxygen atoms in total. The lowest BCUT2D eigenvalue weighted by Gasteiger charge is -2.18. The molecule has 19 heavy (non-hydrogen) atoms. The maximum atomic E-state index is 11.1. The molecule has 2 aromatic rings. The number of carbonyl (C=O) groups excluding carboxylic acids is 1. The van der Waals surface area contributed by atoms with E-state index in [1.54, 1.807) is 12.3 Å². The largest absolute Gasteiger partial charge is 0.329 e. The molecule has 5 heteroatoms. The van der Waals surface area contributed by atoms with Crippen LogP contribution in [0.2, 0.25) is 0 Å². The van der Waals surface area contributed by atoms with Crippen LogP contribution in [0.5, 0.6) is 0 Å². The highest BCUT2D eigenvalue weighted by molar-refractivity contribution is 5.92. The second kappa shape index (κ2) is 5.97. The van der Waals surface area contributed by atoms with Gasteiger partial charge in [-0.05, 0) is 24.3 Å². The van der Waals surface area contributed by atoms with Gasteiger partial charge in [-0.25, -0.2) is 4.98 Å². The average molecular weight is 256 g/mol. The van der Waals surface area contributed by atoms with Crippen LogP contribution in [0.25, 0.3) is 0 Å². The van der Waals surface area contributed by atoms with E-state index in [2.05, 4.69) is 10.3 Å². The molecule has 1 amide bonds. The minimum atomic E-state index is -0.231. The van der Waals surface area contributed by atoms with Gasteiger partial charge in [0.05, 0.1) is 18.4 Å². The van der Waals surface area contributed by atoms with Crippen LogP contribution in [-0.2, 0) is 4.79 Å². The van der Waals surface area contributed by atoms with Gasteiger partial charge in [0.1, 0.15) is 5.82 Å². The van der Waals surface area contributed by atoms with Gasteiger partial charge in [-0.3, -0.25) is 4.79 Å². The van der Waals surface area contributed by atoms with Crippen LogP contribution in [0, 0.1) is 0 Å². The fourth-order valence-corrected chi connectivity index (χ4v) is 1.65. The molecule has 1 aromatic heterocycles. The van der Waals surface area contributed by atoms with Gasteiger partial charge in [-0.2, -0.15) is 0 Å². The molecule has 0 fully saturated rings. The first kappa shape index (κ1) is 13.0. The first-order chi connectivity index (χ1) is 9.20. The van der Waals surface area contributed by atoms with E-state index in [1.165, 1.54) is 0 Å². The van der Waals surface area contributed by atoms with Crippen molar-refractivity contribution in [3.05, 3.63) is 48.7 Å². The highest BCUT2D eigenvalue weighted by Crippen LogP contribution is 2.21.